The lowest BCUT2D eigenvalue weighted by Gasteiger charge is -2.27. The van der Waals surface area contributed by atoms with Crippen LogP contribution in [0.5, 0.6) is 0 Å². The van der Waals surface area contributed by atoms with E-state index in [0.29, 0.717) is 0 Å². The van der Waals surface area contributed by atoms with Gasteiger partial charge < -0.3 is 5.11 Å². The molecular formula is C4H4F6O2. The van der Waals surface area contributed by atoms with Crippen LogP contribution >= 0.6 is 0 Å². The van der Waals surface area contributed by atoms with Crippen LogP contribution in [0.15, 0.2) is 0 Å². The topological polar surface area (TPSA) is 29.5 Å². The molecule has 1 unspecified atom stereocenters. The second kappa shape index (κ2) is 3.48. The van der Waals surface area contributed by atoms with Crippen molar-refractivity contribution in [2.45, 2.75) is 18.2 Å². The third-order valence-electron chi connectivity index (χ3n) is 1.13. The number of hydrogen-bond donors (Lipinski definition) is 1. The lowest BCUT2D eigenvalue weighted by atomic mass is 10.1. The highest BCUT2D eigenvalue weighted by Gasteiger charge is 2.61. The molecule has 0 amide bonds. The molecule has 0 fully saturated rings. The number of halogens is 6. The molecule has 8 heteroatoms. The quantitative estimate of drug-likeness (QED) is 0.695. The van der Waals surface area contributed by atoms with Crippen LogP contribution in [-0.4, -0.2) is 29.9 Å². The van der Waals surface area contributed by atoms with E-state index in [1.807, 2.05) is 0 Å². The van der Waals surface area contributed by atoms with Gasteiger partial charge in [0.15, 0.2) is 0 Å². The third kappa shape index (κ3) is 2.01. The Hall–Kier alpha value is -0.500. The summed E-state index contributed by atoms with van der Waals surface area (Å²) in [5.74, 6) is 0. The van der Waals surface area contributed by atoms with E-state index in [2.05, 4.69) is 4.94 Å². The summed E-state index contributed by atoms with van der Waals surface area (Å²) >= 11 is 0. The lowest BCUT2D eigenvalue weighted by Crippen LogP contribution is -2.54. The summed E-state index contributed by atoms with van der Waals surface area (Å²) in [6, 6.07) is 0. The summed E-state index contributed by atoms with van der Waals surface area (Å²) in [5, 5.41) is 8.19. The molecule has 0 rings (SSSR count). The zero-order valence-electron chi connectivity index (χ0n) is 5.41. The predicted octanol–water partition coefficient (Wildman–Crippen LogP) is 1.45. The molecule has 0 saturated carbocycles. The lowest BCUT2D eigenvalue weighted by molar-refractivity contribution is -0.332. The molecule has 1 atom stereocenters. The van der Waals surface area contributed by atoms with Gasteiger partial charge >= 0.3 is 6.18 Å². The molecule has 0 saturated heterocycles. The van der Waals surface area contributed by atoms with E-state index < -0.39 is 24.8 Å². The van der Waals surface area contributed by atoms with E-state index in [1.54, 1.807) is 0 Å². The summed E-state index contributed by atoms with van der Waals surface area (Å²) in [7, 11) is 0. The SMILES string of the molecule is OC(COF)(C(F)F)C(F)(F)F. The van der Waals surface area contributed by atoms with Gasteiger partial charge in [0.25, 0.3) is 6.43 Å². The molecule has 0 spiro atoms. The average molecular weight is 198 g/mol. The maximum atomic E-state index is 11.6. The fraction of sp³-hybridized carbons (Fsp3) is 1.00. The first-order chi connectivity index (χ1) is 5.25. The van der Waals surface area contributed by atoms with Gasteiger partial charge in [-0.25, -0.2) is 8.78 Å². The highest BCUT2D eigenvalue weighted by molar-refractivity contribution is 4.88. The second-order valence-corrected chi connectivity index (χ2v) is 1.98. The van der Waals surface area contributed by atoms with E-state index in [1.165, 1.54) is 0 Å². The molecule has 0 aromatic carbocycles. The van der Waals surface area contributed by atoms with Gasteiger partial charge in [0, 0.05) is 0 Å². The Morgan fingerprint density at radius 2 is 1.67 bits per heavy atom. The first-order valence-corrected chi connectivity index (χ1v) is 2.56. The highest BCUT2D eigenvalue weighted by atomic mass is 19.4. The molecule has 1 N–H and O–H groups in total. The van der Waals surface area contributed by atoms with Gasteiger partial charge in [-0.1, -0.05) is 0 Å². The summed E-state index contributed by atoms with van der Waals surface area (Å²) in [6.07, 6.45) is -9.79. The van der Waals surface area contributed by atoms with Crippen molar-refractivity contribution in [3.63, 3.8) is 0 Å². The Morgan fingerprint density at radius 3 is 1.75 bits per heavy atom. The fourth-order valence-corrected chi connectivity index (χ4v) is 0.352. The molecule has 12 heavy (non-hydrogen) atoms. The van der Waals surface area contributed by atoms with Crippen LogP contribution in [0, 0.1) is 0 Å². The van der Waals surface area contributed by atoms with Gasteiger partial charge in [0.1, 0.15) is 6.61 Å². The Morgan fingerprint density at radius 1 is 1.25 bits per heavy atom. The van der Waals surface area contributed by atoms with E-state index in [-0.39, 0.29) is 0 Å². The van der Waals surface area contributed by atoms with Crippen LogP contribution in [0.25, 0.3) is 0 Å². The smallest absolute Gasteiger partial charge is 0.374 e. The van der Waals surface area contributed by atoms with Crippen LogP contribution in [0.2, 0.25) is 0 Å². The van der Waals surface area contributed by atoms with E-state index in [0.717, 1.165) is 0 Å². The molecule has 74 valence electrons. The maximum Gasteiger partial charge on any atom is 0.425 e. The van der Waals surface area contributed by atoms with Crippen molar-refractivity contribution in [3.05, 3.63) is 0 Å². The van der Waals surface area contributed by atoms with Crippen LogP contribution in [-0.2, 0) is 4.94 Å². The first kappa shape index (κ1) is 11.5. The molecule has 2 nitrogen and oxygen atoms in total. The summed E-state index contributed by atoms with van der Waals surface area (Å²) in [4.78, 5) is 2.34. The fourth-order valence-electron chi connectivity index (χ4n) is 0.352. The molecule has 0 aromatic rings. The van der Waals surface area contributed by atoms with Gasteiger partial charge in [-0.2, -0.15) is 18.1 Å². The Balaban J connectivity index is 4.62. The zero-order valence-corrected chi connectivity index (χ0v) is 5.41. The van der Waals surface area contributed by atoms with Crippen molar-refractivity contribution < 1.29 is 36.5 Å². The van der Waals surface area contributed by atoms with E-state index >= 15 is 0 Å². The summed E-state index contributed by atoms with van der Waals surface area (Å²) in [6.45, 7) is -2.14. The van der Waals surface area contributed by atoms with E-state index in [4.69, 9.17) is 5.11 Å². The minimum Gasteiger partial charge on any atom is -0.374 e. The molecular weight excluding hydrogens is 194 g/mol. The largest absolute Gasteiger partial charge is 0.425 e. The maximum absolute atomic E-state index is 11.6. The molecule has 0 radical (unpaired) electrons. The van der Waals surface area contributed by atoms with Crippen LogP contribution < -0.4 is 0 Å². The number of alkyl halides is 5. The van der Waals surface area contributed by atoms with Gasteiger partial charge in [-0.15, -0.1) is 0 Å². The van der Waals surface area contributed by atoms with Gasteiger partial charge in [0.05, 0.1) is 0 Å². The van der Waals surface area contributed by atoms with Crippen molar-refractivity contribution in [3.8, 4) is 0 Å². The van der Waals surface area contributed by atoms with E-state index in [9.17, 15) is 26.5 Å². The molecule has 0 aliphatic rings. The summed E-state index contributed by atoms with van der Waals surface area (Å²) in [5.41, 5.74) is -4.44. The zero-order chi connectivity index (χ0) is 9.99. The molecule has 0 aliphatic carbocycles. The van der Waals surface area contributed by atoms with Crippen LogP contribution in [0.3, 0.4) is 0 Å². The molecule has 0 aromatic heterocycles. The van der Waals surface area contributed by atoms with Crippen LogP contribution in [0.4, 0.5) is 26.5 Å². The highest BCUT2D eigenvalue weighted by Crippen LogP contribution is 2.35. The van der Waals surface area contributed by atoms with Crippen molar-refractivity contribution in [2.75, 3.05) is 6.61 Å². The van der Waals surface area contributed by atoms with Gasteiger partial charge in [-0.05, 0) is 4.53 Å². The molecule has 0 heterocycles. The average Bonchev–Trinajstić information content (AvgIpc) is 1.85. The molecule has 0 bridgehead atoms. The number of aliphatic hydroxyl groups is 1. The van der Waals surface area contributed by atoms with Gasteiger partial charge in [-0.3, -0.25) is 0 Å². The van der Waals surface area contributed by atoms with Crippen molar-refractivity contribution >= 4 is 0 Å². The Kier molecular flexibility index (Phi) is 3.34. The Labute approximate surface area is 62.6 Å². The minimum atomic E-state index is -5.63. The van der Waals surface area contributed by atoms with Crippen molar-refractivity contribution in [1.29, 1.82) is 0 Å². The van der Waals surface area contributed by atoms with Crippen molar-refractivity contribution in [2.24, 2.45) is 0 Å². The predicted molar refractivity (Wildman–Crippen MR) is 24.1 cm³/mol. The number of rotatable bonds is 3. The monoisotopic (exact) mass is 198 g/mol. The van der Waals surface area contributed by atoms with Gasteiger partial charge in [0.2, 0.25) is 5.60 Å². The standard InChI is InChI=1S/C4H4F6O2/c5-2(6)3(11,1-12-10)4(7,8)9/h2,11H,1H2. The first-order valence-electron chi connectivity index (χ1n) is 2.56. The minimum absolute atomic E-state index is 2.14. The molecule has 0 aliphatic heterocycles. The normalized spacial score (nSPS) is 18.0. The third-order valence-corrected chi connectivity index (χ3v) is 1.13. The second-order valence-electron chi connectivity index (χ2n) is 1.98. The number of hydrogen-bond acceptors (Lipinski definition) is 2. The summed E-state index contributed by atoms with van der Waals surface area (Å²) < 4.78 is 68.7. The Bertz CT molecular complexity index is 145. The van der Waals surface area contributed by atoms with Crippen LogP contribution in [0.1, 0.15) is 0 Å². The van der Waals surface area contributed by atoms with Crippen molar-refractivity contribution in [1.82, 2.24) is 0 Å².